The van der Waals surface area contributed by atoms with Gasteiger partial charge in [-0.2, -0.15) is 0 Å². The quantitative estimate of drug-likeness (QED) is 0.573. The Balaban J connectivity index is 2.45. The van der Waals surface area contributed by atoms with E-state index in [1.54, 1.807) is 6.92 Å². The van der Waals surface area contributed by atoms with Crippen LogP contribution >= 0.6 is 0 Å². The molecule has 0 bridgehead atoms. The molecule has 0 heterocycles. The first kappa shape index (κ1) is 9.24. The van der Waals surface area contributed by atoms with Gasteiger partial charge in [0.25, 0.3) is 0 Å². The van der Waals surface area contributed by atoms with E-state index in [0.29, 0.717) is 6.42 Å². The summed E-state index contributed by atoms with van der Waals surface area (Å²) in [6, 6.07) is 0. The van der Waals surface area contributed by atoms with E-state index in [1.165, 1.54) is 17.6 Å². The fourth-order valence-corrected chi connectivity index (χ4v) is 1.34. The van der Waals surface area contributed by atoms with Crippen molar-refractivity contribution in [2.24, 2.45) is 0 Å². The van der Waals surface area contributed by atoms with Crippen LogP contribution in [0.3, 0.4) is 0 Å². The van der Waals surface area contributed by atoms with Crippen LogP contribution < -0.4 is 0 Å². The molecule has 1 aliphatic rings. The van der Waals surface area contributed by atoms with Crippen LogP contribution in [0.25, 0.3) is 0 Å². The summed E-state index contributed by atoms with van der Waals surface area (Å²) < 4.78 is 0. The number of ketones is 1. The van der Waals surface area contributed by atoms with E-state index in [2.05, 4.69) is 19.1 Å². The van der Waals surface area contributed by atoms with Gasteiger partial charge in [-0.3, -0.25) is 4.79 Å². The highest BCUT2D eigenvalue weighted by atomic mass is 16.1. The minimum Gasteiger partial charge on any atom is -0.300 e. The zero-order valence-corrected chi connectivity index (χ0v) is 7.89. The molecule has 0 N–H and O–H groups in total. The molecule has 0 saturated heterocycles. The molecule has 12 heavy (non-hydrogen) atoms. The van der Waals surface area contributed by atoms with Crippen molar-refractivity contribution in [3.8, 4) is 0 Å². The molecule has 0 aromatic heterocycles. The number of carbonyl (C=O) groups is 1. The number of rotatable bonds is 2. The summed E-state index contributed by atoms with van der Waals surface area (Å²) in [5.74, 6) is 0.258. The fourth-order valence-electron chi connectivity index (χ4n) is 1.34. The summed E-state index contributed by atoms with van der Waals surface area (Å²) in [5, 5.41) is 0. The summed E-state index contributed by atoms with van der Waals surface area (Å²) in [7, 11) is 0. The average molecular weight is 164 g/mol. The number of carbonyl (C=O) groups excluding carboxylic acids is 1. The maximum Gasteiger partial charge on any atom is 0.133 e. The second-order valence-corrected chi connectivity index (χ2v) is 3.52. The maximum atomic E-state index is 10.7. The third kappa shape index (κ3) is 3.04. The van der Waals surface area contributed by atoms with E-state index in [4.69, 9.17) is 0 Å². The zero-order valence-electron chi connectivity index (χ0n) is 7.89. The fraction of sp³-hybridized carbons (Fsp3) is 0.545. The molecular formula is C11H16O. The largest absolute Gasteiger partial charge is 0.300 e. The average Bonchev–Trinajstić information content (AvgIpc) is 2.03. The summed E-state index contributed by atoms with van der Waals surface area (Å²) in [5.41, 5.74) is 2.91. The molecular weight excluding hydrogens is 148 g/mol. The van der Waals surface area contributed by atoms with Gasteiger partial charge >= 0.3 is 0 Å². The molecule has 0 unspecified atom stereocenters. The Morgan fingerprint density at radius 2 is 2.33 bits per heavy atom. The van der Waals surface area contributed by atoms with Crippen LogP contribution in [-0.4, -0.2) is 5.78 Å². The molecule has 0 aliphatic heterocycles. The summed E-state index contributed by atoms with van der Waals surface area (Å²) in [6.45, 7) is 3.81. The third-order valence-electron chi connectivity index (χ3n) is 2.23. The molecule has 1 heteroatoms. The third-order valence-corrected chi connectivity index (χ3v) is 2.23. The van der Waals surface area contributed by atoms with Gasteiger partial charge in [-0.15, -0.1) is 0 Å². The minimum absolute atomic E-state index is 0.258. The van der Waals surface area contributed by atoms with Crippen molar-refractivity contribution in [2.75, 3.05) is 0 Å². The van der Waals surface area contributed by atoms with Crippen molar-refractivity contribution in [3.63, 3.8) is 0 Å². The van der Waals surface area contributed by atoms with Crippen molar-refractivity contribution in [1.29, 1.82) is 0 Å². The summed E-state index contributed by atoms with van der Waals surface area (Å²) in [4.78, 5) is 10.7. The van der Waals surface area contributed by atoms with Crippen LogP contribution in [0.15, 0.2) is 23.3 Å². The molecule has 66 valence electrons. The molecule has 0 spiro atoms. The normalized spacial score (nSPS) is 20.8. The predicted octanol–water partition coefficient (Wildman–Crippen LogP) is 3.02. The zero-order chi connectivity index (χ0) is 8.97. The van der Waals surface area contributed by atoms with Crippen LogP contribution in [-0.2, 0) is 4.79 Å². The summed E-state index contributed by atoms with van der Waals surface area (Å²) in [6.07, 6.45) is 8.33. The Hall–Kier alpha value is -0.850. The first-order valence-electron chi connectivity index (χ1n) is 4.51. The van der Waals surface area contributed by atoms with Gasteiger partial charge in [-0.1, -0.05) is 23.3 Å². The Bertz CT molecular complexity index is 233. The van der Waals surface area contributed by atoms with E-state index in [9.17, 15) is 4.79 Å². The molecule has 1 nitrogen and oxygen atoms in total. The topological polar surface area (TPSA) is 17.1 Å². The van der Waals surface area contributed by atoms with Gasteiger partial charge in [0.2, 0.25) is 0 Å². The minimum atomic E-state index is 0.258. The second kappa shape index (κ2) is 4.24. The lowest BCUT2D eigenvalue weighted by Crippen LogP contribution is -1.94. The lowest BCUT2D eigenvalue weighted by molar-refractivity contribution is -0.116. The monoisotopic (exact) mass is 164 g/mol. The van der Waals surface area contributed by atoms with Crippen LogP contribution in [0.2, 0.25) is 0 Å². The van der Waals surface area contributed by atoms with Gasteiger partial charge < -0.3 is 0 Å². The van der Waals surface area contributed by atoms with Crippen molar-refractivity contribution in [1.82, 2.24) is 0 Å². The van der Waals surface area contributed by atoms with Crippen LogP contribution in [0.1, 0.15) is 39.5 Å². The van der Waals surface area contributed by atoms with E-state index in [-0.39, 0.29) is 5.78 Å². The Kier molecular flexibility index (Phi) is 3.27. The van der Waals surface area contributed by atoms with Crippen molar-refractivity contribution in [3.05, 3.63) is 23.3 Å². The van der Waals surface area contributed by atoms with Gasteiger partial charge in [-0.05, 0) is 33.1 Å². The molecule has 1 aliphatic carbocycles. The first-order chi connectivity index (χ1) is 5.68. The highest BCUT2D eigenvalue weighted by molar-refractivity contribution is 5.77. The lowest BCUT2D eigenvalue weighted by atomic mass is 9.95. The van der Waals surface area contributed by atoms with E-state index in [1.807, 2.05) is 0 Å². The molecule has 0 radical (unpaired) electrons. The lowest BCUT2D eigenvalue weighted by Gasteiger charge is -2.11. The van der Waals surface area contributed by atoms with E-state index >= 15 is 0 Å². The second-order valence-electron chi connectivity index (χ2n) is 3.52. The number of hydrogen-bond donors (Lipinski definition) is 0. The molecule has 0 fully saturated rings. The van der Waals surface area contributed by atoms with Crippen LogP contribution in [0.4, 0.5) is 0 Å². The Morgan fingerprint density at radius 1 is 1.58 bits per heavy atom. The molecule has 0 saturated carbocycles. The molecule has 1 rings (SSSR count). The van der Waals surface area contributed by atoms with Crippen molar-refractivity contribution in [2.45, 2.75) is 39.5 Å². The predicted molar refractivity (Wildman–Crippen MR) is 51.0 cm³/mol. The van der Waals surface area contributed by atoms with Crippen LogP contribution in [0.5, 0.6) is 0 Å². The molecule has 0 amide bonds. The highest BCUT2D eigenvalue weighted by Crippen LogP contribution is 2.22. The first-order valence-corrected chi connectivity index (χ1v) is 4.51. The molecule has 0 aromatic carbocycles. The highest BCUT2D eigenvalue weighted by Gasteiger charge is 2.03. The maximum absolute atomic E-state index is 10.7. The van der Waals surface area contributed by atoms with Gasteiger partial charge in [0.15, 0.2) is 0 Å². The van der Waals surface area contributed by atoms with Crippen molar-refractivity contribution >= 4 is 5.78 Å². The SMILES string of the molecule is CC(=O)C/C=C1\CC=C(C)CC1. The van der Waals surface area contributed by atoms with Crippen molar-refractivity contribution < 1.29 is 4.79 Å². The van der Waals surface area contributed by atoms with Crippen LogP contribution in [0, 0.1) is 0 Å². The van der Waals surface area contributed by atoms with Gasteiger partial charge in [-0.25, -0.2) is 0 Å². The van der Waals surface area contributed by atoms with Gasteiger partial charge in [0.05, 0.1) is 0 Å². The number of allylic oxidation sites excluding steroid dienone is 4. The van der Waals surface area contributed by atoms with Gasteiger partial charge in [0.1, 0.15) is 5.78 Å². The Labute approximate surface area is 74.2 Å². The number of Topliss-reactive ketones (excluding diaryl/α,β-unsaturated/α-hetero) is 1. The van der Waals surface area contributed by atoms with E-state index < -0.39 is 0 Å². The number of hydrogen-bond acceptors (Lipinski definition) is 1. The standard InChI is InChI=1S/C11H16O/c1-9-3-6-11(7-4-9)8-5-10(2)12/h3,8H,4-7H2,1-2H3/b11-8+. The van der Waals surface area contributed by atoms with Gasteiger partial charge in [0, 0.05) is 6.42 Å². The summed E-state index contributed by atoms with van der Waals surface area (Å²) >= 11 is 0. The smallest absolute Gasteiger partial charge is 0.133 e. The molecule has 0 atom stereocenters. The van der Waals surface area contributed by atoms with E-state index in [0.717, 1.165) is 12.8 Å². The Morgan fingerprint density at radius 3 is 2.83 bits per heavy atom. The molecule has 0 aromatic rings.